The van der Waals surface area contributed by atoms with E-state index in [0.717, 1.165) is 17.5 Å². The zero-order valence-corrected chi connectivity index (χ0v) is 18.1. The van der Waals surface area contributed by atoms with E-state index in [1.165, 1.54) is 93.7 Å². The van der Waals surface area contributed by atoms with E-state index in [1.54, 1.807) is 0 Å². The third kappa shape index (κ3) is 6.47. The highest BCUT2D eigenvalue weighted by Gasteiger charge is 2.19. The van der Waals surface area contributed by atoms with E-state index in [-0.39, 0.29) is 0 Å². The molecular formula is C27H39N. The summed E-state index contributed by atoms with van der Waals surface area (Å²) in [5.74, 6) is 1.94. The molecule has 0 N–H and O–H groups in total. The van der Waals surface area contributed by atoms with Crippen molar-refractivity contribution in [3.8, 4) is 11.3 Å². The van der Waals surface area contributed by atoms with E-state index >= 15 is 0 Å². The molecule has 0 unspecified atom stereocenters. The zero-order chi connectivity index (χ0) is 19.6. The average Bonchev–Trinajstić information content (AvgIpc) is 2.76. The Labute approximate surface area is 173 Å². The van der Waals surface area contributed by atoms with Crippen LogP contribution in [0.2, 0.25) is 0 Å². The minimum absolute atomic E-state index is 0.937. The third-order valence-electron chi connectivity index (χ3n) is 6.78. The second-order valence-electron chi connectivity index (χ2n) is 8.89. The largest absolute Gasteiger partial charge is 0.256 e. The van der Waals surface area contributed by atoms with Crippen LogP contribution >= 0.6 is 0 Å². The number of hydrogen-bond donors (Lipinski definition) is 0. The monoisotopic (exact) mass is 377 g/mol. The second-order valence-corrected chi connectivity index (χ2v) is 8.89. The average molecular weight is 378 g/mol. The van der Waals surface area contributed by atoms with Crippen LogP contribution in [0.25, 0.3) is 11.3 Å². The van der Waals surface area contributed by atoms with Crippen molar-refractivity contribution in [3.05, 3.63) is 53.7 Å². The Balaban J connectivity index is 1.46. The first-order valence-electron chi connectivity index (χ1n) is 11.8. The van der Waals surface area contributed by atoms with Gasteiger partial charge in [-0.15, -0.1) is 0 Å². The van der Waals surface area contributed by atoms with Gasteiger partial charge in [-0.1, -0.05) is 95.5 Å². The number of pyridine rings is 1. The van der Waals surface area contributed by atoms with E-state index in [9.17, 15) is 0 Å². The van der Waals surface area contributed by atoms with Crippen molar-refractivity contribution in [2.75, 3.05) is 0 Å². The van der Waals surface area contributed by atoms with Gasteiger partial charge in [-0.25, -0.2) is 0 Å². The van der Waals surface area contributed by atoms with Gasteiger partial charge in [0.1, 0.15) is 0 Å². The van der Waals surface area contributed by atoms with Gasteiger partial charge in [0.15, 0.2) is 0 Å². The molecule has 1 aromatic heterocycles. The van der Waals surface area contributed by atoms with Crippen LogP contribution in [0, 0.1) is 11.8 Å². The van der Waals surface area contributed by atoms with Crippen molar-refractivity contribution in [2.45, 2.75) is 90.9 Å². The molecule has 0 saturated heterocycles. The van der Waals surface area contributed by atoms with Gasteiger partial charge in [-0.2, -0.15) is 0 Å². The predicted octanol–water partition coefficient (Wildman–Crippen LogP) is 8.02. The number of hydrogen-bond acceptors (Lipinski definition) is 1. The summed E-state index contributed by atoms with van der Waals surface area (Å²) in [4.78, 5) is 4.75. The molecule has 1 heterocycles. The summed E-state index contributed by atoms with van der Waals surface area (Å²) >= 11 is 0. The lowest BCUT2D eigenvalue weighted by molar-refractivity contribution is 0.259. The van der Waals surface area contributed by atoms with Crippen molar-refractivity contribution in [1.82, 2.24) is 4.98 Å². The Hall–Kier alpha value is -1.63. The van der Waals surface area contributed by atoms with E-state index in [0.29, 0.717) is 0 Å². The predicted molar refractivity (Wildman–Crippen MR) is 122 cm³/mol. The van der Waals surface area contributed by atoms with Crippen LogP contribution in [0.15, 0.2) is 42.6 Å². The van der Waals surface area contributed by atoms with Crippen molar-refractivity contribution >= 4 is 0 Å². The third-order valence-corrected chi connectivity index (χ3v) is 6.78. The molecule has 0 radical (unpaired) electrons. The first kappa shape index (κ1) is 21.1. The molecule has 152 valence electrons. The fourth-order valence-electron chi connectivity index (χ4n) is 4.64. The smallest absolute Gasteiger partial charge is 0.0702 e. The molecule has 0 aliphatic heterocycles. The van der Waals surface area contributed by atoms with Crippen molar-refractivity contribution in [2.24, 2.45) is 11.8 Å². The molecule has 1 aromatic carbocycles. The molecule has 1 fully saturated rings. The number of unbranched alkanes of at least 4 members (excludes halogenated alkanes) is 3. The van der Waals surface area contributed by atoms with Gasteiger partial charge < -0.3 is 0 Å². The SMILES string of the molecule is CCCCCCc1ccc(-c2ccc(CC[C@H]3CC[C@H](CC)CC3)cn2)cc1. The van der Waals surface area contributed by atoms with Gasteiger partial charge in [-0.3, -0.25) is 4.98 Å². The molecule has 1 nitrogen and oxygen atoms in total. The fourth-order valence-corrected chi connectivity index (χ4v) is 4.64. The normalized spacial score (nSPS) is 19.6. The Bertz CT molecular complexity index is 662. The van der Waals surface area contributed by atoms with Crippen LogP contribution in [-0.4, -0.2) is 4.98 Å². The number of benzene rings is 1. The summed E-state index contributed by atoms with van der Waals surface area (Å²) in [6.07, 6.45) is 18.3. The molecule has 1 saturated carbocycles. The van der Waals surface area contributed by atoms with Gasteiger partial charge in [0.05, 0.1) is 5.69 Å². The number of rotatable bonds is 10. The van der Waals surface area contributed by atoms with Crippen LogP contribution in [0.4, 0.5) is 0 Å². The summed E-state index contributed by atoms with van der Waals surface area (Å²) in [6, 6.07) is 13.5. The maximum Gasteiger partial charge on any atom is 0.0702 e. The summed E-state index contributed by atoms with van der Waals surface area (Å²) in [6.45, 7) is 4.62. The minimum atomic E-state index is 0.937. The Morgan fingerprint density at radius 2 is 1.46 bits per heavy atom. The Morgan fingerprint density at radius 3 is 2.11 bits per heavy atom. The topological polar surface area (TPSA) is 12.9 Å². The van der Waals surface area contributed by atoms with Gasteiger partial charge in [0, 0.05) is 11.8 Å². The lowest BCUT2D eigenvalue weighted by atomic mass is 9.79. The van der Waals surface area contributed by atoms with E-state index in [2.05, 4.69) is 56.4 Å². The van der Waals surface area contributed by atoms with Crippen LogP contribution in [0.3, 0.4) is 0 Å². The Morgan fingerprint density at radius 1 is 0.750 bits per heavy atom. The lowest BCUT2D eigenvalue weighted by Gasteiger charge is -2.27. The standard InChI is InChI=1S/C27H39N/c1-3-5-6-7-8-23-15-18-26(19-16-23)27-20-17-25(21-28-27)14-13-24-11-9-22(4-2)10-12-24/h15-22,24H,3-14H2,1-2H3/t22-,24-. The van der Waals surface area contributed by atoms with Gasteiger partial charge >= 0.3 is 0 Å². The maximum atomic E-state index is 4.75. The van der Waals surface area contributed by atoms with Crippen molar-refractivity contribution in [3.63, 3.8) is 0 Å². The zero-order valence-electron chi connectivity index (χ0n) is 18.1. The molecule has 1 aliphatic carbocycles. The van der Waals surface area contributed by atoms with Crippen molar-refractivity contribution < 1.29 is 0 Å². The summed E-state index contributed by atoms with van der Waals surface area (Å²) < 4.78 is 0. The highest BCUT2D eigenvalue weighted by atomic mass is 14.7. The van der Waals surface area contributed by atoms with Crippen LogP contribution in [0.1, 0.15) is 89.2 Å². The quantitative estimate of drug-likeness (QED) is 0.382. The van der Waals surface area contributed by atoms with Crippen LogP contribution in [0.5, 0.6) is 0 Å². The van der Waals surface area contributed by atoms with Gasteiger partial charge in [-0.05, 0) is 54.7 Å². The first-order chi connectivity index (χ1) is 13.8. The maximum absolute atomic E-state index is 4.75. The van der Waals surface area contributed by atoms with Gasteiger partial charge in [0.2, 0.25) is 0 Å². The number of aromatic nitrogens is 1. The summed E-state index contributed by atoms with van der Waals surface area (Å²) in [5.41, 5.74) is 5.19. The molecule has 0 bridgehead atoms. The second kappa shape index (κ2) is 11.4. The van der Waals surface area contributed by atoms with E-state index in [1.807, 2.05) is 0 Å². The highest BCUT2D eigenvalue weighted by molar-refractivity contribution is 5.59. The Kier molecular flexibility index (Phi) is 8.58. The highest BCUT2D eigenvalue weighted by Crippen LogP contribution is 2.33. The molecular weight excluding hydrogens is 338 g/mol. The molecule has 0 atom stereocenters. The molecule has 2 aromatic rings. The molecule has 0 spiro atoms. The summed E-state index contributed by atoms with van der Waals surface area (Å²) in [5, 5.41) is 0. The van der Waals surface area contributed by atoms with E-state index in [4.69, 9.17) is 4.98 Å². The summed E-state index contributed by atoms with van der Waals surface area (Å²) in [7, 11) is 0. The number of nitrogens with zero attached hydrogens (tertiary/aromatic N) is 1. The number of aryl methyl sites for hydroxylation is 2. The van der Waals surface area contributed by atoms with Crippen molar-refractivity contribution in [1.29, 1.82) is 0 Å². The van der Waals surface area contributed by atoms with E-state index < -0.39 is 0 Å². The molecule has 28 heavy (non-hydrogen) atoms. The molecule has 1 heteroatoms. The molecule has 1 aliphatic rings. The molecule has 0 amide bonds. The van der Waals surface area contributed by atoms with Gasteiger partial charge in [0.25, 0.3) is 0 Å². The fraction of sp³-hybridized carbons (Fsp3) is 0.593. The molecule has 3 rings (SSSR count). The first-order valence-corrected chi connectivity index (χ1v) is 11.8. The lowest BCUT2D eigenvalue weighted by Crippen LogP contribution is -2.14. The minimum Gasteiger partial charge on any atom is -0.256 e. The van der Waals surface area contributed by atoms with Crippen LogP contribution < -0.4 is 0 Å². The van der Waals surface area contributed by atoms with Crippen LogP contribution in [-0.2, 0) is 12.8 Å².